The molecule has 1 aliphatic heterocycles. The molecule has 0 spiro atoms. The predicted octanol–water partition coefficient (Wildman–Crippen LogP) is 1.51. The molecule has 0 aromatic rings. The van der Waals surface area contributed by atoms with Crippen LogP contribution in [0.1, 0.15) is 25.7 Å². The molecular weight excluding hydrogens is 138 g/mol. The van der Waals surface area contributed by atoms with E-state index in [4.69, 9.17) is 0 Å². The van der Waals surface area contributed by atoms with Crippen LogP contribution in [-0.2, 0) is 4.74 Å². The molecule has 0 aromatic carbocycles. The highest BCUT2D eigenvalue weighted by Gasteiger charge is 2.27. The Kier molecular flexibility index (Phi) is 3.87. The van der Waals surface area contributed by atoms with Crippen LogP contribution >= 0.6 is 0 Å². The van der Waals surface area contributed by atoms with Gasteiger partial charge in [0, 0.05) is 20.3 Å². The highest BCUT2D eigenvalue weighted by Crippen LogP contribution is 2.27. The number of hydrogen-bond donors (Lipinski definition) is 0. The summed E-state index contributed by atoms with van der Waals surface area (Å²) in [5.74, 6) is 0. The van der Waals surface area contributed by atoms with Crippen molar-refractivity contribution in [3.8, 4) is 0 Å². The second-order valence-electron chi connectivity index (χ2n) is 3.38. The second-order valence-corrected chi connectivity index (χ2v) is 3.38. The normalized spacial score (nSPS) is 24.5. The first kappa shape index (κ1) is 9.01. The molecule has 0 N–H and O–H groups in total. The van der Waals surface area contributed by atoms with Crippen LogP contribution in [0.25, 0.3) is 0 Å². The lowest BCUT2D eigenvalue weighted by Crippen LogP contribution is -2.48. The smallest absolute Gasteiger partial charge is 0.0351 e. The minimum absolute atomic E-state index is 1.02. The highest BCUT2D eigenvalue weighted by molar-refractivity contribution is 4.84. The van der Waals surface area contributed by atoms with Gasteiger partial charge in [-0.3, -0.25) is 0 Å². The molecule has 1 saturated heterocycles. The van der Waals surface area contributed by atoms with E-state index in [1.54, 1.807) is 14.2 Å². The summed E-state index contributed by atoms with van der Waals surface area (Å²) in [4.78, 5) is 2.61. The van der Waals surface area contributed by atoms with Crippen LogP contribution in [0.3, 0.4) is 0 Å². The van der Waals surface area contributed by atoms with E-state index in [0.29, 0.717) is 0 Å². The minimum Gasteiger partial charge on any atom is -0.388 e. The van der Waals surface area contributed by atoms with Gasteiger partial charge in [-0.15, -0.1) is 0 Å². The van der Waals surface area contributed by atoms with Crippen LogP contribution in [-0.4, -0.2) is 38.3 Å². The molecule has 0 unspecified atom stereocenters. The average Bonchev–Trinajstić information content (AvgIpc) is 1.75. The van der Waals surface area contributed by atoms with E-state index in [9.17, 15) is 0 Å². The van der Waals surface area contributed by atoms with Crippen LogP contribution in [0.5, 0.6) is 0 Å². The van der Waals surface area contributed by atoms with E-state index in [-0.39, 0.29) is 0 Å². The Morgan fingerprint density at radius 3 is 1.73 bits per heavy atom. The molecule has 2 heteroatoms. The van der Waals surface area contributed by atoms with Gasteiger partial charge >= 0.3 is 0 Å². The van der Waals surface area contributed by atoms with Gasteiger partial charge in [-0.05, 0) is 32.4 Å². The molecule has 66 valence electrons. The Morgan fingerprint density at radius 2 is 1.64 bits per heavy atom. The number of rotatable bonds is 1. The number of hydrogen-bond acceptors (Lipinski definition) is 2. The van der Waals surface area contributed by atoms with Crippen molar-refractivity contribution < 1.29 is 4.74 Å². The van der Waals surface area contributed by atoms with Gasteiger partial charge < -0.3 is 9.64 Å². The third-order valence-corrected chi connectivity index (χ3v) is 2.48. The Hall–Kier alpha value is -0.0800. The zero-order chi connectivity index (χ0) is 8.10. The Bertz CT molecular complexity index is 85.7. The van der Waals surface area contributed by atoms with Crippen LogP contribution in [0.15, 0.2) is 0 Å². The third-order valence-electron chi connectivity index (χ3n) is 2.48. The number of ether oxygens (including phenoxy) is 1. The molecule has 11 heavy (non-hydrogen) atoms. The van der Waals surface area contributed by atoms with Gasteiger partial charge in [0.15, 0.2) is 0 Å². The van der Waals surface area contributed by atoms with E-state index in [2.05, 4.69) is 9.64 Å². The van der Waals surface area contributed by atoms with E-state index in [1.807, 2.05) is 0 Å². The molecule has 0 radical (unpaired) electrons. The standard InChI is InChI=1S/C7H13N.C2H6O/c1-3-7(4-1)8-5-2-6-8;1-3-2/h7H,1-6H2;1-2H3. The van der Waals surface area contributed by atoms with Crippen molar-refractivity contribution in [3.63, 3.8) is 0 Å². The number of likely N-dealkylation sites (tertiary alicyclic amines) is 1. The quantitative estimate of drug-likeness (QED) is 0.572. The minimum atomic E-state index is 1.02. The Labute approximate surface area is 69.5 Å². The van der Waals surface area contributed by atoms with Crippen LogP contribution in [0, 0.1) is 0 Å². The van der Waals surface area contributed by atoms with Crippen molar-refractivity contribution in [2.75, 3.05) is 27.3 Å². The maximum Gasteiger partial charge on any atom is 0.0351 e. The Morgan fingerprint density at radius 1 is 1.09 bits per heavy atom. The summed E-state index contributed by atoms with van der Waals surface area (Å²) >= 11 is 0. The largest absolute Gasteiger partial charge is 0.388 e. The molecule has 2 aliphatic rings. The highest BCUT2D eigenvalue weighted by atomic mass is 16.4. The lowest BCUT2D eigenvalue weighted by molar-refractivity contribution is 0.0676. The van der Waals surface area contributed by atoms with Crippen molar-refractivity contribution >= 4 is 0 Å². The summed E-state index contributed by atoms with van der Waals surface area (Å²) in [6.45, 7) is 2.79. The van der Waals surface area contributed by atoms with Gasteiger partial charge in [0.05, 0.1) is 0 Å². The van der Waals surface area contributed by atoms with Crippen molar-refractivity contribution in [2.45, 2.75) is 31.7 Å². The molecule has 1 heterocycles. The summed E-state index contributed by atoms with van der Waals surface area (Å²) < 4.78 is 4.25. The lowest BCUT2D eigenvalue weighted by atomic mass is 9.89. The van der Waals surface area contributed by atoms with E-state index < -0.39 is 0 Å². The van der Waals surface area contributed by atoms with Crippen molar-refractivity contribution in [1.82, 2.24) is 4.90 Å². The SMILES string of the molecule is C1CC(N2CCC2)C1.COC. The topological polar surface area (TPSA) is 12.5 Å². The molecule has 0 atom stereocenters. The lowest BCUT2D eigenvalue weighted by Gasteiger charge is -2.43. The van der Waals surface area contributed by atoms with Gasteiger partial charge in [-0.1, -0.05) is 6.42 Å². The third kappa shape index (κ3) is 2.46. The first-order valence-corrected chi connectivity index (χ1v) is 4.52. The van der Waals surface area contributed by atoms with E-state index >= 15 is 0 Å². The van der Waals surface area contributed by atoms with Crippen LogP contribution in [0.2, 0.25) is 0 Å². The molecule has 1 saturated carbocycles. The van der Waals surface area contributed by atoms with Crippen LogP contribution < -0.4 is 0 Å². The van der Waals surface area contributed by atoms with Crippen molar-refractivity contribution in [1.29, 1.82) is 0 Å². The zero-order valence-corrected chi connectivity index (χ0v) is 7.68. The van der Waals surface area contributed by atoms with Gasteiger partial charge in [0.1, 0.15) is 0 Å². The average molecular weight is 157 g/mol. The Balaban J connectivity index is 0.000000179. The van der Waals surface area contributed by atoms with Gasteiger partial charge in [0.25, 0.3) is 0 Å². The van der Waals surface area contributed by atoms with E-state index in [0.717, 1.165) is 6.04 Å². The van der Waals surface area contributed by atoms with Gasteiger partial charge in [-0.25, -0.2) is 0 Å². The molecule has 2 nitrogen and oxygen atoms in total. The summed E-state index contributed by atoms with van der Waals surface area (Å²) in [5, 5.41) is 0. The van der Waals surface area contributed by atoms with Gasteiger partial charge in [-0.2, -0.15) is 0 Å². The summed E-state index contributed by atoms with van der Waals surface area (Å²) in [7, 11) is 3.25. The predicted molar refractivity (Wildman–Crippen MR) is 46.8 cm³/mol. The van der Waals surface area contributed by atoms with Crippen molar-refractivity contribution in [3.05, 3.63) is 0 Å². The maximum atomic E-state index is 4.25. The molecule has 2 rings (SSSR count). The fourth-order valence-electron chi connectivity index (χ4n) is 1.46. The molecule has 2 fully saturated rings. The summed E-state index contributed by atoms with van der Waals surface area (Å²) in [6.07, 6.45) is 5.91. The fourth-order valence-corrected chi connectivity index (χ4v) is 1.46. The molecular formula is C9H19NO. The molecule has 1 aliphatic carbocycles. The zero-order valence-electron chi connectivity index (χ0n) is 7.68. The molecule has 0 amide bonds. The first-order chi connectivity index (χ1) is 5.38. The molecule has 0 bridgehead atoms. The fraction of sp³-hybridized carbons (Fsp3) is 1.00. The maximum absolute atomic E-state index is 4.25. The summed E-state index contributed by atoms with van der Waals surface area (Å²) in [6, 6.07) is 1.02. The monoisotopic (exact) mass is 157 g/mol. The first-order valence-electron chi connectivity index (χ1n) is 4.52. The van der Waals surface area contributed by atoms with E-state index in [1.165, 1.54) is 38.8 Å². The number of methoxy groups -OCH3 is 1. The van der Waals surface area contributed by atoms with Crippen molar-refractivity contribution in [2.24, 2.45) is 0 Å². The number of nitrogens with zero attached hydrogens (tertiary/aromatic N) is 1. The molecule has 0 aromatic heterocycles. The van der Waals surface area contributed by atoms with Gasteiger partial charge in [0.2, 0.25) is 0 Å². The van der Waals surface area contributed by atoms with Crippen LogP contribution in [0.4, 0.5) is 0 Å². The summed E-state index contributed by atoms with van der Waals surface area (Å²) in [5.41, 5.74) is 0. The second kappa shape index (κ2) is 4.73.